The van der Waals surface area contributed by atoms with Gasteiger partial charge in [-0.05, 0) is 37.3 Å². The summed E-state index contributed by atoms with van der Waals surface area (Å²) < 4.78 is 10.8. The highest BCUT2D eigenvalue weighted by Crippen LogP contribution is 2.33. The molecule has 0 fully saturated rings. The molecule has 0 atom stereocenters. The number of ether oxygens (including phenoxy) is 2. The number of carbonyl (C=O) groups excluding carboxylic acids is 1. The number of Topliss-reactive ketones (excluding diaryl/α,β-unsaturated/α-hetero) is 1. The molecule has 0 saturated carbocycles. The minimum Gasteiger partial charge on any atom is -0.493 e. The van der Waals surface area contributed by atoms with Crippen LogP contribution in [0.15, 0.2) is 42.5 Å². The van der Waals surface area contributed by atoms with Crippen LogP contribution in [0.2, 0.25) is 0 Å². The number of methoxy groups -OCH3 is 1. The summed E-state index contributed by atoms with van der Waals surface area (Å²) in [5.74, 6) is 1.21. The molecule has 108 valence electrons. The van der Waals surface area contributed by atoms with Crippen LogP contribution in [0.25, 0.3) is 0 Å². The van der Waals surface area contributed by atoms with Gasteiger partial charge in [-0.3, -0.25) is 14.9 Å². The molecule has 0 amide bonds. The molecule has 0 radical (unpaired) electrons. The van der Waals surface area contributed by atoms with E-state index >= 15 is 0 Å². The van der Waals surface area contributed by atoms with Crippen LogP contribution >= 0.6 is 0 Å². The van der Waals surface area contributed by atoms with Crippen LogP contribution in [0, 0.1) is 10.1 Å². The van der Waals surface area contributed by atoms with E-state index in [4.69, 9.17) is 9.47 Å². The smallest absolute Gasteiger partial charge is 0.269 e. The van der Waals surface area contributed by atoms with E-state index in [1.807, 2.05) is 0 Å². The van der Waals surface area contributed by atoms with Gasteiger partial charge in [-0.1, -0.05) is 0 Å². The lowest BCUT2D eigenvalue weighted by molar-refractivity contribution is -0.384. The second kappa shape index (κ2) is 6.04. The molecular weight excluding hydrogens is 274 g/mol. The van der Waals surface area contributed by atoms with Gasteiger partial charge in [0.2, 0.25) is 0 Å². The molecule has 0 aromatic heterocycles. The Morgan fingerprint density at radius 2 is 1.76 bits per heavy atom. The summed E-state index contributed by atoms with van der Waals surface area (Å²) in [6, 6.07) is 10.5. The average molecular weight is 287 g/mol. The van der Waals surface area contributed by atoms with Crippen molar-refractivity contribution in [3.05, 3.63) is 58.1 Å². The van der Waals surface area contributed by atoms with Gasteiger partial charge >= 0.3 is 0 Å². The zero-order valence-electron chi connectivity index (χ0n) is 11.5. The third kappa shape index (κ3) is 3.36. The van der Waals surface area contributed by atoms with Crippen LogP contribution in [0.5, 0.6) is 17.2 Å². The third-order valence-electron chi connectivity index (χ3n) is 2.85. The minimum absolute atomic E-state index is 0.0127. The van der Waals surface area contributed by atoms with Crippen molar-refractivity contribution in [2.45, 2.75) is 6.92 Å². The van der Waals surface area contributed by atoms with Crippen molar-refractivity contribution in [2.24, 2.45) is 0 Å². The Kier molecular flexibility index (Phi) is 4.18. The number of benzene rings is 2. The van der Waals surface area contributed by atoms with Gasteiger partial charge in [-0.25, -0.2) is 0 Å². The molecule has 0 unspecified atom stereocenters. The number of carbonyl (C=O) groups is 1. The molecule has 0 saturated heterocycles. The lowest BCUT2D eigenvalue weighted by atomic mass is 10.1. The Bertz CT molecular complexity index is 679. The second-order valence-corrected chi connectivity index (χ2v) is 4.27. The number of hydrogen-bond donors (Lipinski definition) is 0. The standard InChI is InChI=1S/C15H13NO5/c1-10(17)11-3-8-14(15(9-11)20-2)21-13-6-4-12(5-7-13)16(18)19/h3-9H,1-2H3. The Morgan fingerprint density at radius 1 is 1.10 bits per heavy atom. The van der Waals surface area contributed by atoms with Crippen LogP contribution in [0.3, 0.4) is 0 Å². The minimum atomic E-state index is -0.480. The quantitative estimate of drug-likeness (QED) is 0.477. The number of nitro groups is 1. The van der Waals surface area contributed by atoms with Crippen LogP contribution < -0.4 is 9.47 Å². The largest absolute Gasteiger partial charge is 0.493 e. The highest BCUT2D eigenvalue weighted by atomic mass is 16.6. The number of ketones is 1. The van der Waals surface area contributed by atoms with Gasteiger partial charge < -0.3 is 9.47 Å². The van der Waals surface area contributed by atoms with E-state index in [2.05, 4.69) is 0 Å². The SMILES string of the molecule is COc1cc(C(C)=O)ccc1Oc1ccc([N+](=O)[O-])cc1. The summed E-state index contributed by atoms with van der Waals surface area (Å²) in [6.45, 7) is 1.46. The van der Waals surface area contributed by atoms with Crippen LogP contribution in [0.1, 0.15) is 17.3 Å². The summed E-state index contributed by atoms with van der Waals surface area (Å²) in [5, 5.41) is 10.6. The van der Waals surface area contributed by atoms with Crippen LogP contribution in [-0.4, -0.2) is 17.8 Å². The van der Waals surface area contributed by atoms with Crippen molar-refractivity contribution in [3.63, 3.8) is 0 Å². The normalized spacial score (nSPS) is 10.0. The Labute approximate surface area is 121 Å². The van der Waals surface area contributed by atoms with E-state index in [0.717, 1.165) is 0 Å². The molecule has 0 heterocycles. The summed E-state index contributed by atoms with van der Waals surface area (Å²) >= 11 is 0. The molecule has 2 rings (SSSR count). The van der Waals surface area contributed by atoms with Gasteiger partial charge in [0.25, 0.3) is 5.69 Å². The van der Waals surface area contributed by atoms with E-state index in [1.165, 1.54) is 38.3 Å². The Morgan fingerprint density at radius 3 is 2.29 bits per heavy atom. The summed E-state index contributed by atoms with van der Waals surface area (Å²) in [5.41, 5.74) is 0.504. The van der Waals surface area contributed by atoms with Gasteiger partial charge in [0.15, 0.2) is 17.3 Å². The average Bonchev–Trinajstić information content (AvgIpc) is 2.48. The molecule has 0 aliphatic rings. The predicted molar refractivity (Wildman–Crippen MR) is 76.2 cm³/mol. The topological polar surface area (TPSA) is 78.7 Å². The second-order valence-electron chi connectivity index (χ2n) is 4.27. The molecule has 2 aromatic rings. The van der Waals surface area contributed by atoms with Gasteiger partial charge in [0.05, 0.1) is 12.0 Å². The fourth-order valence-electron chi connectivity index (χ4n) is 1.73. The van der Waals surface area contributed by atoms with Crippen molar-refractivity contribution in [1.29, 1.82) is 0 Å². The number of nitrogens with zero attached hydrogens (tertiary/aromatic N) is 1. The van der Waals surface area contributed by atoms with Crippen molar-refractivity contribution in [1.82, 2.24) is 0 Å². The van der Waals surface area contributed by atoms with Crippen LogP contribution in [0.4, 0.5) is 5.69 Å². The van der Waals surface area contributed by atoms with Gasteiger partial charge in [0.1, 0.15) is 5.75 Å². The molecule has 0 bridgehead atoms. The summed E-state index contributed by atoms with van der Waals surface area (Å²) in [4.78, 5) is 21.4. The predicted octanol–water partition coefficient (Wildman–Crippen LogP) is 3.60. The third-order valence-corrected chi connectivity index (χ3v) is 2.85. The van der Waals surface area contributed by atoms with Crippen LogP contribution in [-0.2, 0) is 0 Å². The highest BCUT2D eigenvalue weighted by Gasteiger charge is 2.10. The Hall–Kier alpha value is -2.89. The lowest BCUT2D eigenvalue weighted by Crippen LogP contribution is -1.96. The van der Waals surface area contributed by atoms with E-state index in [1.54, 1.807) is 18.2 Å². The molecular formula is C15H13NO5. The molecule has 21 heavy (non-hydrogen) atoms. The van der Waals surface area contributed by atoms with Gasteiger partial charge in [0, 0.05) is 17.7 Å². The van der Waals surface area contributed by atoms with Gasteiger partial charge in [-0.15, -0.1) is 0 Å². The maximum atomic E-state index is 11.3. The first-order valence-electron chi connectivity index (χ1n) is 6.12. The molecule has 6 nitrogen and oxygen atoms in total. The fourth-order valence-corrected chi connectivity index (χ4v) is 1.73. The van der Waals surface area contributed by atoms with E-state index in [0.29, 0.717) is 22.8 Å². The Balaban J connectivity index is 2.26. The van der Waals surface area contributed by atoms with Gasteiger partial charge in [-0.2, -0.15) is 0 Å². The zero-order chi connectivity index (χ0) is 15.4. The lowest BCUT2D eigenvalue weighted by Gasteiger charge is -2.11. The summed E-state index contributed by atoms with van der Waals surface area (Å²) in [7, 11) is 1.47. The first kappa shape index (κ1) is 14.5. The van der Waals surface area contributed by atoms with E-state index in [9.17, 15) is 14.9 Å². The van der Waals surface area contributed by atoms with Crippen molar-refractivity contribution in [2.75, 3.05) is 7.11 Å². The zero-order valence-corrected chi connectivity index (χ0v) is 11.5. The molecule has 0 spiro atoms. The van der Waals surface area contributed by atoms with Crippen molar-refractivity contribution >= 4 is 11.5 Å². The maximum absolute atomic E-state index is 11.3. The molecule has 6 heteroatoms. The first-order chi connectivity index (χ1) is 10.0. The number of non-ortho nitro benzene ring substituents is 1. The highest BCUT2D eigenvalue weighted by molar-refractivity contribution is 5.94. The number of nitro benzene ring substituents is 1. The molecule has 2 aromatic carbocycles. The van der Waals surface area contributed by atoms with Crippen molar-refractivity contribution in [3.8, 4) is 17.2 Å². The fraction of sp³-hybridized carbons (Fsp3) is 0.133. The first-order valence-corrected chi connectivity index (χ1v) is 6.12. The molecule has 0 aliphatic carbocycles. The summed E-state index contributed by atoms with van der Waals surface area (Å²) in [6.07, 6.45) is 0. The maximum Gasteiger partial charge on any atom is 0.269 e. The number of rotatable bonds is 5. The number of hydrogen-bond acceptors (Lipinski definition) is 5. The van der Waals surface area contributed by atoms with E-state index in [-0.39, 0.29) is 11.5 Å². The van der Waals surface area contributed by atoms with Crippen molar-refractivity contribution < 1.29 is 19.2 Å². The molecule has 0 aliphatic heterocycles. The monoisotopic (exact) mass is 287 g/mol. The van der Waals surface area contributed by atoms with E-state index < -0.39 is 4.92 Å². The molecule has 0 N–H and O–H groups in total.